The lowest BCUT2D eigenvalue weighted by molar-refractivity contribution is -0.131. The predicted molar refractivity (Wildman–Crippen MR) is 54.4 cm³/mol. The van der Waals surface area contributed by atoms with E-state index >= 15 is 0 Å². The molecule has 0 bridgehead atoms. The number of carbonyl (C=O) groups is 1. The average molecular weight is 183 g/mol. The van der Waals surface area contributed by atoms with E-state index < -0.39 is 0 Å². The molecule has 0 spiro atoms. The van der Waals surface area contributed by atoms with Crippen molar-refractivity contribution in [3.8, 4) is 0 Å². The van der Waals surface area contributed by atoms with Crippen molar-refractivity contribution in [2.24, 2.45) is 11.3 Å². The minimum atomic E-state index is -0.160. The van der Waals surface area contributed by atoms with Gasteiger partial charge in [0.1, 0.15) is 0 Å². The first kappa shape index (κ1) is 10.6. The molecule has 13 heavy (non-hydrogen) atoms. The van der Waals surface area contributed by atoms with Gasteiger partial charge in [-0.25, -0.2) is 0 Å². The van der Waals surface area contributed by atoms with Gasteiger partial charge in [0.05, 0.1) is 0 Å². The highest BCUT2D eigenvalue weighted by Gasteiger charge is 2.37. The van der Waals surface area contributed by atoms with Crippen molar-refractivity contribution in [2.75, 3.05) is 6.54 Å². The van der Waals surface area contributed by atoms with Gasteiger partial charge < -0.3 is 5.32 Å². The fourth-order valence-electron chi connectivity index (χ4n) is 2.22. The van der Waals surface area contributed by atoms with Crippen LogP contribution in [-0.4, -0.2) is 12.5 Å². The summed E-state index contributed by atoms with van der Waals surface area (Å²) in [5.41, 5.74) is -0.160. The third kappa shape index (κ3) is 2.23. The molecule has 0 aliphatic heterocycles. The molecule has 1 fully saturated rings. The van der Waals surface area contributed by atoms with E-state index in [9.17, 15) is 4.79 Å². The molecule has 0 atom stereocenters. The minimum Gasteiger partial charge on any atom is -0.356 e. The second-order valence-corrected chi connectivity index (χ2v) is 4.56. The molecular weight excluding hydrogens is 162 g/mol. The maximum Gasteiger partial charge on any atom is 0.225 e. The standard InChI is InChI=1S/C11H21NO/c1-4-12-10(13)11(2,3)9-7-5-6-8-9/h9H,4-8H2,1-3H3,(H,12,13). The van der Waals surface area contributed by atoms with Crippen LogP contribution in [0.15, 0.2) is 0 Å². The smallest absolute Gasteiger partial charge is 0.225 e. The molecule has 0 aromatic heterocycles. The molecule has 2 nitrogen and oxygen atoms in total. The Bertz CT molecular complexity index is 181. The third-order valence-corrected chi connectivity index (χ3v) is 3.30. The van der Waals surface area contributed by atoms with Crippen molar-refractivity contribution in [1.82, 2.24) is 5.32 Å². The van der Waals surface area contributed by atoms with Gasteiger partial charge in [-0.3, -0.25) is 4.79 Å². The lowest BCUT2D eigenvalue weighted by Gasteiger charge is -2.29. The van der Waals surface area contributed by atoms with Crippen molar-refractivity contribution in [3.05, 3.63) is 0 Å². The van der Waals surface area contributed by atoms with Crippen LogP contribution in [-0.2, 0) is 4.79 Å². The zero-order chi connectivity index (χ0) is 9.90. The van der Waals surface area contributed by atoms with Gasteiger partial charge in [0, 0.05) is 12.0 Å². The Hall–Kier alpha value is -0.530. The summed E-state index contributed by atoms with van der Waals surface area (Å²) in [6.07, 6.45) is 5.05. The summed E-state index contributed by atoms with van der Waals surface area (Å²) in [5.74, 6) is 0.820. The Morgan fingerprint density at radius 3 is 2.38 bits per heavy atom. The van der Waals surface area contributed by atoms with E-state index in [1.54, 1.807) is 0 Å². The zero-order valence-electron chi connectivity index (χ0n) is 9.02. The number of hydrogen-bond acceptors (Lipinski definition) is 1. The van der Waals surface area contributed by atoms with Crippen LogP contribution in [0.2, 0.25) is 0 Å². The van der Waals surface area contributed by atoms with Crippen LogP contribution in [0.3, 0.4) is 0 Å². The van der Waals surface area contributed by atoms with Gasteiger partial charge in [0.25, 0.3) is 0 Å². The van der Waals surface area contributed by atoms with Gasteiger partial charge in [-0.2, -0.15) is 0 Å². The monoisotopic (exact) mass is 183 g/mol. The molecule has 1 amide bonds. The van der Waals surface area contributed by atoms with Gasteiger partial charge in [-0.1, -0.05) is 26.7 Å². The average Bonchev–Trinajstić information content (AvgIpc) is 2.56. The molecule has 76 valence electrons. The maximum absolute atomic E-state index is 11.7. The molecule has 1 rings (SSSR count). The maximum atomic E-state index is 11.7. The van der Waals surface area contributed by atoms with Gasteiger partial charge in [0.2, 0.25) is 5.91 Å². The first-order valence-corrected chi connectivity index (χ1v) is 5.37. The van der Waals surface area contributed by atoms with Crippen LogP contribution < -0.4 is 5.32 Å². The Morgan fingerprint density at radius 1 is 1.38 bits per heavy atom. The van der Waals surface area contributed by atoms with Crippen LogP contribution in [0.5, 0.6) is 0 Å². The summed E-state index contributed by atoms with van der Waals surface area (Å²) < 4.78 is 0. The van der Waals surface area contributed by atoms with Gasteiger partial charge in [-0.05, 0) is 25.7 Å². The molecule has 1 N–H and O–H groups in total. The summed E-state index contributed by atoms with van der Waals surface area (Å²) in [5, 5.41) is 2.92. The zero-order valence-corrected chi connectivity index (χ0v) is 9.02. The second kappa shape index (κ2) is 4.12. The lowest BCUT2D eigenvalue weighted by atomic mass is 9.77. The van der Waals surface area contributed by atoms with Crippen molar-refractivity contribution in [1.29, 1.82) is 0 Å². The summed E-state index contributed by atoms with van der Waals surface area (Å²) >= 11 is 0. The van der Waals surface area contributed by atoms with Crippen LogP contribution in [0, 0.1) is 11.3 Å². The number of carbonyl (C=O) groups excluding carboxylic acids is 1. The Kier molecular flexibility index (Phi) is 3.34. The van der Waals surface area contributed by atoms with E-state index in [1.165, 1.54) is 25.7 Å². The number of nitrogens with one attached hydrogen (secondary N) is 1. The van der Waals surface area contributed by atoms with E-state index in [0.717, 1.165) is 6.54 Å². The molecular formula is C11H21NO. The second-order valence-electron chi connectivity index (χ2n) is 4.56. The predicted octanol–water partition coefficient (Wildman–Crippen LogP) is 2.34. The van der Waals surface area contributed by atoms with E-state index in [4.69, 9.17) is 0 Å². The molecule has 0 heterocycles. The number of amides is 1. The number of hydrogen-bond donors (Lipinski definition) is 1. The van der Waals surface area contributed by atoms with E-state index in [2.05, 4.69) is 19.2 Å². The van der Waals surface area contributed by atoms with Gasteiger partial charge >= 0.3 is 0 Å². The molecule has 1 aliphatic rings. The van der Waals surface area contributed by atoms with Crippen molar-refractivity contribution < 1.29 is 4.79 Å². The lowest BCUT2D eigenvalue weighted by Crippen LogP contribution is -2.41. The van der Waals surface area contributed by atoms with Crippen LogP contribution in [0.1, 0.15) is 46.5 Å². The summed E-state index contributed by atoms with van der Waals surface area (Å²) in [7, 11) is 0. The summed E-state index contributed by atoms with van der Waals surface area (Å²) in [6, 6.07) is 0. The SMILES string of the molecule is CCNC(=O)C(C)(C)C1CCCC1. The summed E-state index contributed by atoms with van der Waals surface area (Å²) in [6.45, 7) is 6.87. The molecule has 0 aromatic carbocycles. The molecule has 2 heteroatoms. The quantitative estimate of drug-likeness (QED) is 0.715. The first-order valence-electron chi connectivity index (χ1n) is 5.37. The Balaban J connectivity index is 2.57. The van der Waals surface area contributed by atoms with Crippen molar-refractivity contribution >= 4 is 5.91 Å². The Morgan fingerprint density at radius 2 is 1.92 bits per heavy atom. The largest absolute Gasteiger partial charge is 0.356 e. The Labute approximate surface area is 81.1 Å². The van der Waals surface area contributed by atoms with Crippen LogP contribution >= 0.6 is 0 Å². The van der Waals surface area contributed by atoms with Crippen molar-refractivity contribution in [3.63, 3.8) is 0 Å². The molecule has 0 aromatic rings. The highest BCUT2D eigenvalue weighted by atomic mass is 16.2. The fourth-order valence-corrected chi connectivity index (χ4v) is 2.22. The molecule has 1 saturated carbocycles. The molecule has 0 radical (unpaired) electrons. The minimum absolute atomic E-state index is 0.160. The van der Waals surface area contributed by atoms with Crippen LogP contribution in [0.25, 0.3) is 0 Å². The van der Waals surface area contributed by atoms with Gasteiger partial charge in [0.15, 0.2) is 0 Å². The van der Waals surface area contributed by atoms with E-state index in [-0.39, 0.29) is 11.3 Å². The van der Waals surface area contributed by atoms with Gasteiger partial charge in [-0.15, -0.1) is 0 Å². The van der Waals surface area contributed by atoms with E-state index in [0.29, 0.717) is 5.92 Å². The normalized spacial score (nSPS) is 19.0. The molecule has 0 saturated heterocycles. The number of rotatable bonds is 3. The fraction of sp³-hybridized carbons (Fsp3) is 0.909. The summed E-state index contributed by atoms with van der Waals surface area (Å²) in [4.78, 5) is 11.7. The highest BCUT2D eigenvalue weighted by molar-refractivity contribution is 5.82. The van der Waals surface area contributed by atoms with Crippen molar-refractivity contribution in [2.45, 2.75) is 46.5 Å². The first-order chi connectivity index (χ1) is 6.09. The van der Waals surface area contributed by atoms with E-state index in [1.807, 2.05) is 6.92 Å². The molecule has 1 aliphatic carbocycles. The third-order valence-electron chi connectivity index (χ3n) is 3.30. The van der Waals surface area contributed by atoms with Crippen LogP contribution in [0.4, 0.5) is 0 Å². The topological polar surface area (TPSA) is 29.1 Å². The highest BCUT2D eigenvalue weighted by Crippen LogP contribution is 2.39. The molecule has 0 unspecified atom stereocenters.